The number of nitrogens with two attached hydrogens (primary N) is 2. The molecule has 0 aliphatic carbocycles. The highest BCUT2D eigenvalue weighted by Crippen LogP contribution is 2.37. The summed E-state index contributed by atoms with van der Waals surface area (Å²) in [7, 11) is 4.48. The predicted molar refractivity (Wildman–Crippen MR) is 70.7 cm³/mol. The van der Waals surface area contributed by atoms with E-state index in [2.05, 4.69) is 5.10 Å². The van der Waals surface area contributed by atoms with Crippen LogP contribution in [0.4, 0.5) is 0 Å². The topological polar surface area (TPSA) is 118 Å². The molecule has 0 unspecified atom stereocenters. The highest BCUT2D eigenvalue weighted by Gasteiger charge is 2.12. The van der Waals surface area contributed by atoms with E-state index in [1.165, 1.54) is 27.5 Å². The molecule has 4 N–H and O–H groups in total. The molecule has 0 atom stereocenters. The van der Waals surface area contributed by atoms with Gasteiger partial charge in [-0.15, -0.1) is 9.95 Å². The fourth-order valence-corrected chi connectivity index (χ4v) is 1.36. The van der Waals surface area contributed by atoms with E-state index >= 15 is 0 Å². The Kier molecular flexibility index (Phi) is 4.81. The van der Waals surface area contributed by atoms with Crippen LogP contribution in [0.2, 0.25) is 0 Å². The molecule has 19 heavy (non-hydrogen) atoms. The molecular formula is C11H16N4O4. The average molecular weight is 268 g/mol. The van der Waals surface area contributed by atoms with E-state index in [-0.39, 0.29) is 4.85 Å². The lowest BCUT2D eigenvalue weighted by atomic mass is 10.2. The summed E-state index contributed by atoms with van der Waals surface area (Å²) in [5, 5.41) is 14.6. The molecule has 1 rings (SSSR count). The van der Waals surface area contributed by atoms with Gasteiger partial charge in [0.2, 0.25) is 5.75 Å². The molecule has 1 aromatic carbocycles. The average Bonchev–Trinajstić information content (AvgIpc) is 2.42. The number of hydrazone groups is 1. The molecule has 1 aromatic rings. The maximum absolute atomic E-state index is 11.1. The molecule has 0 bridgehead atoms. The van der Waals surface area contributed by atoms with Gasteiger partial charge in [0.05, 0.1) is 27.5 Å². The third-order valence-electron chi connectivity index (χ3n) is 2.22. The molecular weight excluding hydrogens is 252 g/mol. The number of hydrogen-bond acceptors (Lipinski definition) is 5. The van der Waals surface area contributed by atoms with Crippen molar-refractivity contribution in [3.63, 3.8) is 0 Å². The maximum Gasteiger partial charge on any atom is 0.366 e. The molecule has 0 amide bonds. The molecule has 0 saturated heterocycles. The minimum Gasteiger partial charge on any atom is -0.722 e. The van der Waals surface area contributed by atoms with Gasteiger partial charge in [0.15, 0.2) is 11.5 Å². The highest BCUT2D eigenvalue weighted by molar-refractivity contribution is 5.82. The van der Waals surface area contributed by atoms with E-state index < -0.39 is 5.96 Å². The summed E-state index contributed by atoms with van der Waals surface area (Å²) in [4.78, 5) is 0.100. The van der Waals surface area contributed by atoms with Crippen molar-refractivity contribution in [1.82, 2.24) is 0 Å². The second kappa shape index (κ2) is 6.34. The van der Waals surface area contributed by atoms with E-state index in [0.717, 1.165) is 0 Å². The van der Waals surface area contributed by atoms with Crippen LogP contribution in [0.3, 0.4) is 0 Å². The molecule has 0 radical (unpaired) electrons. The Morgan fingerprint density at radius 1 is 1.16 bits per heavy atom. The van der Waals surface area contributed by atoms with Crippen LogP contribution in [0.1, 0.15) is 5.56 Å². The molecule has 0 heterocycles. The normalized spacial score (nSPS) is 10.3. The monoisotopic (exact) mass is 268 g/mol. The summed E-state index contributed by atoms with van der Waals surface area (Å²) >= 11 is 0. The number of methoxy groups -OCH3 is 3. The van der Waals surface area contributed by atoms with Crippen LogP contribution in [0.25, 0.3) is 0 Å². The third-order valence-corrected chi connectivity index (χ3v) is 2.22. The van der Waals surface area contributed by atoms with Crippen LogP contribution in [0, 0.1) is 5.21 Å². The van der Waals surface area contributed by atoms with E-state index in [0.29, 0.717) is 22.8 Å². The summed E-state index contributed by atoms with van der Waals surface area (Å²) in [6.07, 6.45) is 1.28. The van der Waals surface area contributed by atoms with Crippen molar-refractivity contribution in [3.05, 3.63) is 22.9 Å². The van der Waals surface area contributed by atoms with Crippen LogP contribution in [-0.4, -0.2) is 38.4 Å². The van der Waals surface area contributed by atoms with Gasteiger partial charge in [-0.1, -0.05) is 0 Å². The van der Waals surface area contributed by atoms with Crippen molar-refractivity contribution in [2.75, 3.05) is 21.3 Å². The number of nitrogens with zero attached hydrogens (tertiary/aromatic N) is 2. The Balaban J connectivity index is 3.20. The van der Waals surface area contributed by atoms with Crippen molar-refractivity contribution >= 4 is 12.2 Å². The minimum absolute atomic E-state index is 0.100. The number of hydrogen-bond donors (Lipinski definition) is 2. The van der Waals surface area contributed by atoms with Gasteiger partial charge < -0.3 is 19.4 Å². The highest BCUT2D eigenvalue weighted by atomic mass is 16.5. The standard InChI is InChI=1S/C11H16N4O4/c1-17-8-4-7(6-14-15(16)11(12)13)5-9(18-2)10(8)19-3/h4-6H,12-13H2,1-3H3/b14-6+. The van der Waals surface area contributed by atoms with E-state index in [1.54, 1.807) is 12.1 Å². The SMILES string of the molecule is COc1cc(/C=N/[N+]([O-])=C(N)N)cc(OC)c1OC. The zero-order chi connectivity index (χ0) is 14.4. The second-order valence-electron chi connectivity index (χ2n) is 3.40. The largest absolute Gasteiger partial charge is 0.722 e. The first-order valence-corrected chi connectivity index (χ1v) is 5.22. The summed E-state index contributed by atoms with van der Waals surface area (Å²) in [5.41, 5.74) is 10.7. The predicted octanol–water partition coefficient (Wildman–Crippen LogP) is -0.170. The lowest BCUT2D eigenvalue weighted by Crippen LogP contribution is -2.30. The zero-order valence-electron chi connectivity index (χ0n) is 10.9. The van der Waals surface area contributed by atoms with Gasteiger partial charge in [-0.2, -0.15) is 0 Å². The minimum atomic E-state index is -0.455. The summed E-state index contributed by atoms with van der Waals surface area (Å²) in [6, 6.07) is 3.26. The van der Waals surface area contributed by atoms with Crippen molar-refractivity contribution in [3.8, 4) is 17.2 Å². The Labute approximate surface area is 110 Å². The first-order valence-electron chi connectivity index (χ1n) is 5.22. The Morgan fingerprint density at radius 3 is 2.05 bits per heavy atom. The Bertz CT molecular complexity index is 484. The Morgan fingerprint density at radius 2 is 1.68 bits per heavy atom. The summed E-state index contributed by atoms with van der Waals surface area (Å²) in [6.45, 7) is 0. The van der Waals surface area contributed by atoms with Crippen LogP contribution in [0.5, 0.6) is 17.2 Å². The molecule has 8 nitrogen and oxygen atoms in total. The summed E-state index contributed by atoms with van der Waals surface area (Å²) in [5.74, 6) is 0.894. The van der Waals surface area contributed by atoms with Crippen molar-refractivity contribution in [2.45, 2.75) is 0 Å². The Hall–Kier alpha value is -2.64. The molecule has 0 spiro atoms. The van der Waals surface area contributed by atoms with Crippen LogP contribution < -0.4 is 25.7 Å². The lowest BCUT2D eigenvalue weighted by Gasteiger charge is -2.12. The number of guanidine groups is 1. The van der Waals surface area contributed by atoms with E-state index in [4.69, 9.17) is 25.7 Å². The molecule has 0 fully saturated rings. The molecule has 104 valence electrons. The van der Waals surface area contributed by atoms with Crippen molar-refractivity contribution in [1.29, 1.82) is 0 Å². The van der Waals surface area contributed by atoms with Gasteiger partial charge in [0, 0.05) is 5.56 Å². The van der Waals surface area contributed by atoms with Gasteiger partial charge in [0.25, 0.3) is 0 Å². The van der Waals surface area contributed by atoms with Crippen LogP contribution in [0.15, 0.2) is 17.2 Å². The van der Waals surface area contributed by atoms with Gasteiger partial charge in [0.1, 0.15) is 0 Å². The molecule has 0 aliphatic rings. The number of benzene rings is 1. The second-order valence-corrected chi connectivity index (χ2v) is 3.40. The smallest absolute Gasteiger partial charge is 0.366 e. The van der Waals surface area contributed by atoms with Crippen LogP contribution in [-0.2, 0) is 0 Å². The van der Waals surface area contributed by atoms with Gasteiger partial charge in [-0.25, -0.2) is 0 Å². The van der Waals surface area contributed by atoms with Crippen LogP contribution >= 0.6 is 0 Å². The number of ether oxygens (including phenoxy) is 3. The van der Waals surface area contributed by atoms with E-state index in [9.17, 15) is 5.21 Å². The molecule has 0 saturated carbocycles. The molecule has 8 heteroatoms. The molecule has 0 aromatic heterocycles. The van der Waals surface area contributed by atoms with Gasteiger partial charge in [-0.3, -0.25) is 11.5 Å². The third kappa shape index (κ3) is 3.41. The maximum atomic E-state index is 11.1. The van der Waals surface area contributed by atoms with Crippen molar-refractivity contribution in [2.24, 2.45) is 16.6 Å². The quantitative estimate of drug-likeness (QED) is 0.251. The zero-order valence-corrected chi connectivity index (χ0v) is 10.9. The fourth-order valence-electron chi connectivity index (χ4n) is 1.36. The van der Waals surface area contributed by atoms with Gasteiger partial charge in [-0.05, 0) is 12.1 Å². The fraction of sp³-hybridized carbons (Fsp3) is 0.273. The number of rotatable bonds is 5. The lowest BCUT2D eigenvalue weighted by molar-refractivity contribution is -0.463. The van der Waals surface area contributed by atoms with Crippen molar-refractivity contribution < 1.29 is 19.1 Å². The van der Waals surface area contributed by atoms with E-state index in [1.807, 2.05) is 0 Å². The van der Waals surface area contributed by atoms with Gasteiger partial charge >= 0.3 is 5.96 Å². The molecule has 0 aliphatic heterocycles. The first kappa shape index (κ1) is 14.4. The first-order chi connectivity index (χ1) is 9.03. The summed E-state index contributed by atoms with van der Waals surface area (Å²) < 4.78 is 15.5.